The number of rotatable bonds is 2. The molecule has 1 N–H and O–H groups in total. The molecule has 0 saturated carbocycles. The van der Waals surface area contributed by atoms with Gasteiger partial charge in [0.15, 0.2) is 5.60 Å². The molecule has 0 amide bonds. The third-order valence-corrected chi connectivity index (χ3v) is 6.41. The molecule has 1 spiro atoms. The van der Waals surface area contributed by atoms with Gasteiger partial charge in [-0.1, -0.05) is 48.4 Å². The van der Waals surface area contributed by atoms with Crippen LogP contribution in [-0.4, -0.2) is 40.2 Å². The smallest absolute Gasteiger partial charge is 0.338 e. The molecule has 4 heteroatoms. The number of carbonyl (C=O) groups excluding carboxylic acids is 1. The van der Waals surface area contributed by atoms with Crippen molar-refractivity contribution in [3.8, 4) is 0 Å². The van der Waals surface area contributed by atoms with Gasteiger partial charge in [0.05, 0.1) is 11.6 Å². The molecule has 5 rings (SSSR count). The van der Waals surface area contributed by atoms with Gasteiger partial charge in [-0.25, -0.2) is 4.79 Å². The number of aliphatic hydroxyl groups is 1. The molecule has 4 atom stereocenters. The number of fused-ring (bicyclic) bond motifs is 3. The Morgan fingerprint density at radius 2 is 2.08 bits per heavy atom. The standard InChI is InChI=1S/C21H23NO3/c1-13-5-7-14(8-6-13)19(23)18-16-10-9-15-12-21(16,25-20(18)24)17-4-2-3-11-22(15)17/h5-10,15,17,19,23H,2-4,11-12H2,1H3/t15-,17-,19?,21+/m1/s1. The van der Waals surface area contributed by atoms with Crippen molar-refractivity contribution in [3.05, 3.63) is 58.7 Å². The molecule has 1 aromatic rings. The molecule has 130 valence electrons. The summed E-state index contributed by atoms with van der Waals surface area (Å²) in [7, 11) is 0. The van der Waals surface area contributed by atoms with Crippen LogP contribution < -0.4 is 0 Å². The van der Waals surface area contributed by atoms with Crippen LogP contribution in [0, 0.1) is 6.92 Å². The summed E-state index contributed by atoms with van der Waals surface area (Å²) in [6.45, 7) is 3.08. The van der Waals surface area contributed by atoms with Gasteiger partial charge in [0.1, 0.15) is 6.10 Å². The first-order chi connectivity index (χ1) is 12.1. The molecule has 4 nitrogen and oxygen atoms in total. The zero-order valence-electron chi connectivity index (χ0n) is 14.4. The number of benzene rings is 1. The minimum atomic E-state index is -0.929. The van der Waals surface area contributed by atoms with Gasteiger partial charge < -0.3 is 9.84 Å². The largest absolute Gasteiger partial charge is 0.449 e. The molecule has 2 bridgehead atoms. The van der Waals surface area contributed by atoms with Crippen LogP contribution in [0.1, 0.15) is 42.9 Å². The van der Waals surface area contributed by atoms with Crippen LogP contribution in [0.15, 0.2) is 47.6 Å². The molecule has 1 unspecified atom stereocenters. The second kappa shape index (κ2) is 5.29. The van der Waals surface area contributed by atoms with Gasteiger partial charge in [0.2, 0.25) is 0 Å². The maximum absolute atomic E-state index is 12.8. The van der Waals surface area contributed by atoms with E-state index >= 15 is 0 Å². The fourth-order valence-electron chi connectivity index (χ4n) is 5.22. The average Bonchev–Trinajstić information content (AvgIpc) is 3.06. The van der Waals surface area contributed by atoms with E-state index in [4.69, 9.17) is 4.74 Å². The summed E-state index contributed by atoms with van der Waals surface area (Å²) in [6.07, 6.45) is 7.59. The van der Waals surface area contributed by atoms with Gasteiger partial charge in [-0.15, -0.1) is 0 Å². The normalized spacial score (nSPS) is 34.7. The molecule has 2 fully saturated rings. The topological polar surface area (TPSA) is 49.8 Å². The number of aliphatic hydroxyl groups excluding tert-OH is 1. The molecule has 3 aliphatic heterocycles. The highest BCUT2D eigenvalue weighted by molar-refractivity contribution is 5.96. The molecule has 0 aromatic heterocycles. The van der Waals surface area contributed by atoms with E-state index in [0.29, 0.717) is 11.6 Å². The van der Waals surface area contributed by atoms with Crippen LogP contribution >= 0.6 is 0 Å². The van der Waals surface area contributed by atoms with Crippen molar-refractivity contribution >= 4 is 5.97 Å². The molecule has 0 radical (unpaired) electrons. The van der Waals surface area contributed by atoms with Crippen molar-refractivity contribution in [3.63, 3.8) is 0 Å². The van der Waals surface area contributed by atoms with E-state index in [1.807, 2.05) is 37.3 Å². The van der Waals surface area contributed by atoms with E-state index in [1.54, 1.807) is 0 Å². The summed E-state index contributed by atoms with van der Waals surface area (Å²) in [4.78, 5) is 15.3. The number of ether oxygens (including phenoxy) is 1. The van der Waals surface area contributed by atoms with E-state index in [9.17, 15) is 9.90 Å². The summed E-state index contributed by atoms with van der Waals surface area (Å²) in [6, 6.07) is 8.32. The zero-order chi connectivity index (χ0) is 17.2. The summed E-state index contributed by atoms with van der Waals surface area (Å²) < 4.78 is 6.03. The Balaban J connectivity index is 1.60. The molecular formula is C21H23NO3. The molecule has 1 aliphatic carbocycles. The van der Waals surface area contributed by atoms with Crippen molar-refractivity contribution in [2.45, 2.75) is 56.4 Å². The third kappa shape index (κ3) is 2.04. The predicted molar refractivity (Wildman–Crippen MR) is 93.9 cm³/mol. The number of carbonyl (C=O) groups is 1. The second-order valence-corrected chi connectivity index (χ2v) is 7.80. The average molecular weight is 337 g/mol. The minimum Gasteiger partial charge on any atom is -0.449 e. The zero-order valence-corrected chi connectivity index (χ0v) is 14.4. The Hall–Kier alpha value is -1.91. The lowest BCUT2D eigenvalue weighted by atomic mass is 9.78. The van der Waals surface area contributed by atoms with E-state index < -0.39 is 11.7 Å². The van der Waals surface area contributed by atoms with E-state index in [2.05, 4.69) is 11.0 Å². The number of aryl methyl sites for hydroxylation is 1. The van der Waals surface area contributed by atoms with Gasteiger partial charge in [-0.2, -0.15) is 0 Å². The van der Waals surface area contributed by atoms with Gasteiger partial charge >= 0.3 is 5.97 Å². The molecule has 3 heterocycles. The van der Waals surface area contributed by atoms with Crippen LogP contribution in [0.25, 0.3) is 0 Å². The van der Waals surface area contributed by atoms with Crippen LogP contribution in [0.4, 0.5) is 0 Å². The maximum Gasteiger partial charge on any atom is 0.338 e. The van der Waals surface area contributed by atoms with E-state index in [1.165, 1.54) is 12.8 Å². The molecule has 2 saturated heterocycles. The first kappa shape index (κ1) is 15.4. The summed E-state index contributed by atoms with van der Waals surface area (Å²) in [5.74, 6) is -0.346. The highest BCUT2D eigenvalue weighted by atomic mass is 16.6. The molecular weight excluding hydrogens is 314 g/mol. The van der Waals surface area contributed by atoms with Gasteiger partial charge in [-0.3, -0.25) is 4.90 Å². The Kier molecular flexibility index (Phi) is 3.25. The predicted octanol–water partition coefficient (Wildman–Crippen LogP) is 2.82. The van der Waals surface area contributed by atoms with Crippen molar-refractivity contribution in [1.29, 1.82) is 0 Å². The van der Waals surface area contributed by atoms with Crippen LogP contribution in [0.2, 0.25) is 0 Å². The first-order valence-electron chi connectivity index (χ1n) is 9.27. The molecule has 4 aliphatic rings. The number of esters is 1. The Morgan fingerprint density at radius 3 is 2.88 bits per heavy atom. The van der Waals surface area contributed by atoms with Crippen molar-refractivity contribution < 1.29 is 14.6 Å². The summed E-state index contributed by atoms with van der Waals surface area (Å²) in [5.41, 5.74) is 2.68. The second-order valence-electron chi connectivity index (χ2n) is 7.80. The quantitative estimate of drug-likeness (QED) is 0.843. The number of piperidine rings is 1. The van der Waals surface area contributed by atoms with Crippen LogP contribution in [0.3, 0.4) is 0 Å². The first-order valence-corrected chi connectivity index (χ1v) is 9.27. The van der Waals surface area contributed by atoms with Crippen LogP contribution in [0.5, 0.6) is 0 Å². The lowest BCUT2D eigenvalue weighted by Gasteiger charge is -2.37. The summed E-state index contributed by atoms with van der Waals surface area (Å²) in [5, 5.41) is 10.9. The lowest BCUT2D eigenvalue weighted by molar-refractivity contribution is -0.150. The van der Waals surface area contributed by atoms with Gasteiger partial charge in [0, 0.05) is 18.0 Å². The maximum atomic E-state index is 12.8. The minimum absolute atomic E-state index is 0.253. The molecule has 25 heavy (non-hydrogen) atoms. The van der Waals surface area contributed by atoms with E-state index in [-0.39, 0.29) is 12.0 Å². The highest BCUT2D eigenvalue weighted by Crippen LogP contribution is 2.54. The monoisotopic (exact) mass is 337 g/mol. The van der Waals surface area contributed by atoms with Gasteiger partial charge in [0.25, 0.3) is 0 Å². The number of nitrogens with zero attached hydrogens (tertiary/aromatic N) is 1. The Labute approximate surface area is 147 Å². The van der Waals surface area contributed by atoms with Crippen molar-refractivity contribution in [1.82, 2.24) is 4.90 Å². The van der Waals surface area contributed by atoms with Crippen LogP contribution in [-0.2, 0) is 9.53 Å². The fraction of sp³-hybridized carbons (Fsp3) is 0.476. The lowest BCUT2D eigenvalue weighted by Crippen LogP contribution is -2.48. The van der Waals surface area contributed by atoms with Gasteiger partial charge in [-0.05, 0) is 31.9 Å². The SMILES string of the molecule is Cc1ccc(C(O)C2=C3C=C[C@@H]4C[C@@]3(OC2=O)[C@H]2CCCCN42)cc1. The number of hydrogen-bond acceptors (Lipinski definition) is 4. The highest BCUT2D eigenvalue weighted by Gasteiger charge is 2.62. The Morgan fingerprint density at radius 1 is 1.28 bits per heavy atom. The fourth-order valence-corrected chi connectivity index (χ4v) is 5.22. The summed E-state index contributed by atoms with van der Waals surface area (Å²) >= 11 is 0. The molecule has 1 aromatic carbocycles. The van der Waals surface area contributed by atoms with Crippen molar-refractivity contribution in [2.24, 2.45) is 0 Å². The van der Waals surface area contributed by atoms with E-state index in [0.717, 1.165) is 36.1 Å². The van der Waals surface area contributed by atoms with Crippen molar-refractivity contribution in [2.75, 3.05) is 6.54 Å². The Bertz CT molecular complexity index is 794. The number of hydrogen-bond donors (Lipinski definition) is 1. The third-order valence-electron chi connectivity index (χ3n) is 6.41.